The summed E-state index contributed by atoms with van der Waals surface area (Å²) in [6, 6.07) is 10.7. The van der Waals surface area contributed by atoms with E-state index in [-0.39, 0.29) is 0 Å². The number of nitrogens with zero attached hydrogens (tertiary/aromatic N) is 4. The van der Waals surface area contributed by atoms with Gasteiger partial charge in [-0.05, 0) is 86.9 Å². The van der Waals surface area contributed by atoms with Gasteiger partial charge in [-0.3, -0.25) is 4.90 Å². The lowest BCUT2D eigenvalue weighted by molar-refractivity contribution is -0.00933. The lowest BCUT2D eigenvalue weighted by atomic mass is 9.75. The maximum Gasteiger partial charge on any atom is 0.170 e. The fraction of sp³-hybridized carbons (Fsp3) is 0.565. The highest BCUT2D eigenvalue weighted by atomic mass is 32.1. The number of aromatic nitrogens is 2. The van der Waals surface area contributed by atoms with E-state index < -0.39 is 0 Å². The van der Waals surface area contributed by atoms with Gasteiger partial charge in [0.25, 0.3) is 0 Å². The summed E-state index contributed by atoms with van der Waals surface area (Å²) >= 11 is 5.55. The maximum absolute atomic E-state index is 5.55. The van der Waals surface area contributed by atoms with Crippen LogP contribution in [0.4, 0.5) is 5.69 Å². The van der Waals surface area contributed by atoms with E-state index in [0.717, 1.165) is 42.8 Å². The van der Waals surface area contributed by atoms with Gasteiger partial charge in [0.1, 0.15) is 0 Å². The van der Waals surface area contributed by atoms with Gasteiger partial charge < -0.3 is 15.5 Å². The second kappa shape index (κ2) is 9.90. The highest BCUT2D eigenvalue weighted by molar-refractivity contribution is 7.80. The number of thiocarbonyl (C=S) groups is 1. The number of nitrogens with one attached hydrogen (secondary N) is 2. The van der Waals surface area contributed by atoms with Crippen molar-refractivity contribution in [3.05, 3.63) is 42.7 Å². The van der Waals surface area contributed by atoms with Crippen LogP contribution in [0, 0.1) is 11.8 Å². The highest BCUT2D eigenvalue weighted by Gasteiger charge is 2.40. The molecule has 162 valence electrons. The molecule has 0 amide bonds. The Morgan fingerprint density at radius 2 is 2.03 bits per heavy atom. The molecule has 6 nitrogen and oxygen atoms in total. The number of hydrogen-bond donors (Lipinski definition) is 2. The summed E-state index contributed by atoms with van der Waals surface area (Å²) < 4.78 is 1.85. The fourth-order valence-corrected chi connectivity index (χ4v) is 5.19. The van der Waals surface area contributed by atoms with E-state index in [4.69, 9.17) is 12.2 Å². The molecular formula is C23H34N6S. The molecule has 1 aromatic carbocycles. The first-order valence-electron chi connectivity index (χ1n) is 11.3. The fourth-order valence-electron chi connectivity index (χ4n) is 4.99. The van der Waals surface area contributed by atoms with Gasteiger partial charge in [0.05, 0.1) is 5.69 Å². The molecule has 5 rings (SSSR count). The van der Waals surface area contributed by atoms with Crippen molar-refractivity contribution in [3.63, 3.8) is 0 Å². The van der Waals surface area contributed by atoms with Crippen LogP contribution in [-0.2, 0) is 0 Å². The largest absolute Gasteiger partial charge is 0.361 e. The molecule has 7 heteroatoms. The normalized spacial score (nSPS) is 25.4. The van der Waals surface area contributed by atoms with Crippen LogP contribution in [0.2, 0.25) is 0 Å². The molecule has 4 atom stereocenters. The molecule has 0 aliphatic carbocycles. The standard InChI is InChI=1S/C23H34N6S/c1-3-27(4-2)16-19-17-28-13-10-18(19)14-22(28)15-24-23(30)26-20-6-8-21(9-7-20)29-12-5-11-25-29/h5-9,11-12,18-19,22H,3-4,10,13-17H2,1-2H3,(H2,24,26,30)/t18-,19+,22+/m0/s1. The van der Waals surface area contributed by atoms with E-state index >= 15 is 0 Å². The van der Waals surface area contributed by atoms with Crippen LogP contribution in [0.15, 0.2) is 42.7 Å². The lowest BCUT2D eigenvalue weighted by Gasteiger charge is -2.51. The lowest BCUT2D eigenvalue weighted by Crippen LogP contribution is -2.58. The second-order valence-corrected chi connectivity index (χ2v) is 8.92. The molecule has 3 fully saturated rings. The Morgan fingerprint density at radius 3 is 2.67 bits per heavy atom. The molecule has 1 unspecified atom stereocenters. The summed E-state index contributed by atoms with van der Waals surface area (Å²) in [7, 11) is 0. The van der Waals surface area contributed by atoms with Crippen LogP contribution < -0.4 is 10.6 Å². The first-order valence-corrected chi connectivity index (χ1v) is 11.7. The average molecular weight is 427 g/mol. The van der Waals surface area contributed by atoms with E-state index in [1.54, 1.807) is 6.20 Å². The first-order chi connectivity index (χ1) is 14.7. The highest BCUT2D eigenvalue weighted by Crippen LogP contribution is 2.36. The van der Waals surface area contributed by atoms with Crippen molar-refractivity contribution in [2.45, 2.75) is 32.7 Å². The van der Waals surface area contributed by atoms with E-state index in [1.165, 1.54) is 32.5 Å². The van der Waals surface area contributed by atoms with Gasteiger partial charge in [-0.15, -0.1) is 0 Å². The predicted octanol–water partition coefficient (Wildman–Crippen LogP) is 3.21. The Bertz CT molecular complexity index is 802. The van der Waals surface area contributed by atoms with Crippen LogP contribution in [0.25, 0.3) is 5.69 Å². The number of rotatable bonds is 8. The molecule has 3 aliphatic rings. The molecule has 4 heterocycles. The maximum atomic E-state index is 5.55. The zero-order valence-electron chi connectivity index (χ0n) is 18.1. The Kier molecular flexibility index (Phi) is 7.02. The Hall–Kier alpha value is -1.96. The minimum Gasteiger partial charge on any atom is -0.361 e. The Labute approximate surface area is 185 Å². The van der Waals surface area contributed by atoms with Crippen LogP contribution in [0.5, 0.6) is 0 Å². The van der Waals surface area contributed by atoms with Gasteiger partial charge in [-0.25, -0.2) is 4.68 Å². The van der Waals surface area contributed by atoms with E-state index in [9.17, 15) is 0 Å². The van der Waals surface area contributed by atoms with Crippen LogP contribution >= 0.6 is 12.2 Å². The summed E-state index contributed by atoms with van der Waals surface area (Å²) in [5, 5.41) is 11.7. The van der Waals surface area contributed by atoms with Gasteiger partial charge in [-0.1, -0.05) is 13.8 Å². The van der Waals surface area contributed by atoms with Crippen molar-refractivity contribution in [1.29, 1.82) is 0 Å². The molecule has 3 saturated heterocycles. The van der Waals surface area contributed by atoms with Gasteiger partial charge in [0.15, 0.2) is 5.11 Å². The van der Waals surface area contributed by atoms with Crippen molar-refractivity contribution in [3.8, 4) is 5.69 Å². The minimum absolute atomic E-state index is 0.596. The SMILES string of the molecule is CCN(CC)C[C@@H]1CN2CC[C@H]1C[C@@H]2CNC(=S)Nc1ccc(-n2cccn2)cc1. The van der Waals surface area contributed by atoms with E-state index in [1.807, 2.05) is 41.2 Å². The van der Waals surface area contributed by atoms with E-state index in [2.05, 4.69) is 39.4 Å². The van der Waals surface area contributed by atoms with Crippen molar-refractivity contribution in [1.82, 2.24) is 24.9 Å². The topological polar surface area (TPSA) is 48.4 Å². The molecule has 3 aliphatic heterocycles. The van der Waals surface area contributed by atoms with Crippen molar-refractivity contribution < 1.29 is 0 Å². The summed E-state index contributed by atoms with van der Waals surface area (Å²) in [5.74, 6) is 1.69. The molecule has 2 bridgehead atoms. The number of fused-ring (bicyclic) bond motifs is 3. The van der Waals surface area contributed by atoms with Gasteiger partial charge in [0, 0.05) is 43.8 Å². The van der Waals surface area contributed by atoms with E-state index in [0.29, 0.717) is 11.2 Å². The molecule has 0 radical (unpaired) electrons. The summed E-state index contributed by atoms with van der Waals surface area (Å²) in [6.07, 6.45) is 6.37. The molecule has 0 spiro atoms. The summed E-state index contributed by atoms with van der Waals surface area (Å²) in [6.45, 7) is 11.5. The summed E-state index contributed by atoms with van der Waals surface area (Å²) in [5.41, 5.74) is 2.03. The van der Waals surface area contributed by atoms with Gasteiger partial charge in [0.2, 0.25) is 0 Å². The Morgan fingerprint density at radius 1 is 1.23 bits per heavy atom. The zero-order chi connectivity index (χ0) is 20.9. The molecule has 0 saturated carbocycles. The van der Waals surface area contributed by atoms with Gasteiger partial charge in [-0.2, -0.15) is 5.10 Å². The monoisotopic (exact) mass is 426 g/mol. The zero-order valence-corrected chi connectivity index (χ0v) is 18.9. The molecular weight excluding hydrogens is 392 g/mol. The third kappa shape index (κ3) is 5.02. The molecule has 1 aromatic heterocycles. The minimum atomic E-state index is 0.596. The third-order valence-electron chi connectivity index (χ3n) is 6.79. The smallest absolute Gasteiger partial charge is 0.170 e. The number of piperidine rings is 3. The molecule has 2 N–H and O–H groups in total. The predicted molar refractivity (Wildman–Crippen MR) is 127 cm³/mol. The summed E-state index contributed by atoms with van der Waals surface area (Å²) in [4.78, 5) is 5.26. The van der Waals surface area contributed by atoms with Crippen molar-refractivity contribution in [2.75, 3.05) is 44.6 Å². The number of benzene rings is 1. The molecule has 2 aromatic rings. The third-order valence-corrected chi connectivity index (χ3v) is 7.04. The second-order valence-electron chi connectivity index (χ2n) is 8.51. The Balaban J connectivity index is 1.24. The van der Waals surface area contributed by atoms with Gasteiger partial charge >= 0.3 is 0 Å². The quantitative estimate of drug-likeness (QED) is 0.632. The number of hydrogen-bond acceptors (Lipinski definition) is 4. The number of anilines is 1. The van der Waals surface area contributed by atoms with Crippen LogP contribution in [0.1, 0.15) is 26.7 Å². The van der Waals surface area contributed by atoms with Crippen molar-refractivity contribution in [2.24, 2.45) is 11.8 Å². The first kappa shape index (κ1) is 21.3. The van der Waals surface area contributed by atoms with Crippen LogP contribution in [0.3, 0.4) is 0 Å². The molecule has 30 heavy (non-hydrogen) atoms. The van der Waals surface area contributed by atoms with Crippen LogP contribution in [-0.4, -0.2) is 70.0 Å². The average Bonchev–Trinajstić information content (AvgIpc) is 3.32. The van der Waals surface area contributed by atoms with Crippen molar-refractivity contribution >= 4 is 23.0 Å².